The van der Waals surface area contributed by atoms with Crippen LogP contribution in [0.15, 0.2) is 6.33 Å². The molecule has 2 unspecified atom stereocenters. The first kappa shape index (κ1) is 15.0. The number of ether oxygens (including phenoxy) is 1. The predicted octanol–water partition coefficient (Wildman–Crippen LogP) is 2.87. The molecule has 1 aromatic rings. The van der Waals surface area contributed by atoms with E-state index >= 15 is 0 Å². The molecule has 1 fully saturated rings. The van der Waals surface area contributed by atoms with E-state index < -0.39 is 0 Å². The Morgan fingerprint density at radius 3 is 2.65 bits per heavy atom. The first-order chi connectivity index (χ1) is 9.63. The van der Waals surface area contributed by atoms with Gasteiger partial charge in [-0.25, -0.2) is 9.97 Å². The van der Waals surface area contributed by atoms with Crippen molar-refractivity contribution in [3.8, 4) is 0 Å². The van der Waals surface area contributed by atoms with Gasteiger partial charge in [0.2, 0.25) is 0 Å². The second-order valence-electron chi connectivity index (χ2n) is 5.73. The molecule has 0 spiro atoms. The molecule has 0 aliphatic carbocycles. The molecule has 20 heavy (non-hydrogen) atoms. The van der Waals surface area contributed by atoms with Crippen molar-refractivity contribution in [2.45, 2.75) is 46.1 Å². The summed E-state index contributed by atoms with van der Waals surface area (Å²) in [6, 6.07) is 0.361. The number of hydrogen-bond acceptors (Lipinski definition) is 5. The van der Waals surface area contributed by atoms with E-state index in [1.807, 2.05) is 0 Å². The van der Waals surface area contributed by atoms with Gasteiger partial charge in [0.1, 0.15) is 18.0 Å². The van der Waals surface area contributed by atoms with E-state index in [1.54, 1.807) is 6.33 Å². The van der Waals surface area contributed by atoms with E-state index in [1.165, 1.54) is 5.56 Å². The Morgan fingerprint density at radius 1 is 1.30 bits per heavy atom. The maximum atomic E-state index is 5.47. The number of anilines is 2. The largest absolute Gasteiger partial charge is 0.381 e. The van der Waals surface area contributed by atoms with Gasteiger partial charge in [0.05, 0.1) is 6.61 Å². The van der Waals surface area contributed by atoms with Crippen LogP contribution >= 0.6 is 0 Å². The summed E-state index contributed by atoms with van der Waals surface area (Å²) < 4.78 is 5.47. The highest BCUT2D eigenvalue weighted by Crippen LogP contribution is 2.30. The lowest BCUT2D eigenvalue weighted by Crippen LogP contribution is -2.27. The summed E-state index contributed by atoms with van der Waals surface area (Å²) in [5.74, 6) is 2.83. The average molecular weight is 278 g/mol. The highest BCUT2D eigenvalue weighted by Gasteiger charge is 2.24. The van der Waals surface area contributed by atoms with Crippen molar-refractivity contribution in [1.29, 1.82) is 0 Å². The van der Waals surface area contributed by atoms with Crippen LogP contribution in [-0.4, -0.2) is 35.8 Å². The van der Waals surface area contributed by atoms with Gasteiger partial charge in [-0.15, -0.1) is 0 Å². The first-order valence-electron chi connectivity index (χ1n) is 7.56. The van der Waals surface area contributed by atoms with Gasteiger partial charge in [-0.3, -0.25) is 0 Å². The van der Waals surface area contributed by atoms with Crippen molar-refractivity contribution >= 4 is 11.6 Å². The fourth-order valence-corrected chi connectivity index (χ4v) is 2.65. The molecule has 0 aromatic carbocycles. The highest BCUT2D eigenvalue weighted by molar-refractivity contribution is 5.59. The molecule has 112 valence electrons. The molecule has 2 rings (SSSR count). The molecule has 2 heterocycles. The number of aromatic nitrogens is 2. The minimum Gasteiger partial charge on any atom is -0.381 e. The molecule has 0 radical (unpaired) electrons. The molecule has 0 saturated carbocycles. The van der Waals surface area contributed by atoms with E-state index in [4.69, 9.17) is 4.74 Å². The van der Waals surface area contributed by atoms with Crippen molar-refractivity contribution in [2.75, 3.05) is 30.4 Å². The first-order valence-corrected chi connectivity index (χ1v) is 7.56. The van der Waals surface area contributed by atoms with Crippen LogP contribution in [0.4, 0.5) is 11.6 Å². The minimum absolute atomic E-state index is 0.361. The van der Waals surface area contributed by atoms with E-state index in [0.717, 1.165) is 37.8 Å². The highest BCUT2D eigenvalue weighted by atomic mass is 16.5. The second kappa shape index (κ2) is 6.88. The SMILES string of the molecule is CCNc1ncnc(NC(C)C2CCOC2)c1C(C)C. The van der Waals surface area contributed by atoms with Gasteiger partial charge in [-0.2, -0.15) is 0 Å². The van der Waals surface area contributed by atoms with Crippen LogP contribution in [0.25, 0.3) is 0 Å². The average Bonchev–Trinajstić information content (AvgIpc) is 2.92. The molecule has 1 aliphatic rings. The Morgan fingerprint density at radius 2 is 2.05 bits per heavy atom. The summed E-state index contributed by atoms with van der Waals surface area (Å²) in [5, 5.41) is 6.89. The second-order valence-corrected chi connectivity index (χ2v) is 5.73. The topological polar surface area (TPSA) is 59.1 Å². The van der Waals surface area contributed by atoms with Gasteiger partial charge < -0.3 is 15.4 Å². The van der Waals surface area contributed by atoms with E-state index in [0.29, 0.717) is 17.9 Å². The molecule has 0 amide bonds. The van der Waals surface area contributed by atoms with Gasteiger partial charge in [0, 0.05) is 30.7 Å². The van der Waals surface area contributed by atoms with Crippen LogP contribution in [0.3, 0.4) is 0 Å². The van der Waals surface area contributed by atoms with Crippen molar-refractivity contribution in [3.63, 3.8) is 0 Å². The number of rotatable bonds is 6. The van der Waals surface area contributed by atoms with Crippen LogP contribution in [0, 0.1) is 5.92 Å². The van der Waals surface area contributed by atoms with E-state index in [2.05, 4.69) is 48.3 Å². The van der Waals surface area contributed by atoms with Crippen LogP contribution in [0.5, 0.6) is 0 Å². The fourth-order valence-electron chi connectivity index (χ4n) is 2.65. The molecule has 2 atom stereocenters. The summed E-state index contributed by atoms with van der Waals surface area (Å²) in [7, 11) is 0. The van der Waals surface area contributed by atoms with Crippen molar-refractivity contribution < 1.29 is 4.74 Å². The Kier molecular flexibility index (Phi) is 5.17. The van der Waals surface area contributed by atoms with Gasteiger partial charge in [-0.1, -0.05) is 13.8 Å². The van der Waals surface area contributed by atoms with Gasteiger partial charge in [0.15, 0.2) is 0 Å². The quantitative estimate of drug-likeness (QED) is 0.838. The summed E-state index contributed by atoms with van der Waals surface area (Å²) >= 11 is 0. The molecule has 5 nitrogen and oxygen atoms in total. The molecule has 2 N–H and O–H groups in total. The van der Waals surface area contributed by atoms with Crippen LogP contribution in [0.1, 0.15) is 45.6 Å². The summed E-state index contributed by atoms with van der Waals surface area (Å²) in [4.78, 5) is 8.82. The third-order valence-corrected chi connectivity index (χ3v) is 3.84. The van der Waals surface area contributed by atoms with Crippen LogP contribution < -0.4 is 10.6 Å². The van der Waals surface area contributed by atoms with Crippen molar-refractivity contribution in [2.24, 2.45) is 5.92 Å². The maximum Gasteiger partial charge on any atom is 0.135 e. The third-order valence-electron chi connectivity index (χ3n) is 3.84. The molecule has 1 saturated heterocycles. The number of nitrogens with zero attached hydrogens (tertiary/aromatic N) is 2. The van der Waals surface area contributed by atoms with E-state index in [-0.39, 0.29) is 0 Å². The van der Waals surface area contributed by atoms with Gasteiger partial charge >= 0.3 is 0 Å². The van der Waals surface area contributed by atoms with Crippen LogP contribution in [-0.2, 0) is 4.74 Å². The van der Waals surface area contributed by atoms with Crippen molar-refractivity contribution in [3.05, 3.63) is 11.9 Å². The molecule has 1 aliphatic heterocycles. The van der Waals surface area contributed by atoms with Gasteiger partial charge in [0.25, 0.3) is 0 Å². The smallest absolute Gasteiger partial charge is 0.135 e. The summed E-state index contributed by atoms with van der Waals surface area (Å²) in [6.07, 6.45) is 2.75. The third kappa shape index (κ3) is 3.39. The number of hydrogen-bond donors (Lipinski definition) is 2. The fraction of sp³-hybridized carbons (Fsp3) is 0.733. The van der Waals surface area contributed by atoms with Gasteiger partial charge in [-0.05, 0) is 26.2 Å². The number of nitrogens with one attached hydrogen (secondary N) is 2. The lowest BCUT2D eigenvalue weighted by molar-refractivity contribution is 0.183. The van der Waals surface area contributed by atoms with Crippen LogP contribution in [0.2, 0.25) is 0 Å². The Hall–Kier alpha value is -1.36. The maximum absolute atomic E-state index is 5.47. The molecular weight excluding hydrogens is 252 g/mol. The zero-order chi connectivity index (χ0) is 14.5. The summed E-state index contributed by atoms with van der Waals surface area (Å²) in [5.41, 5.74) is 1.17. The zero-order valence-corrected chi connectivity index (χ0v) is 12.9. The molecule has 5 heteroatoms. The monoisotopic (exact) mass is 278 g/mol. The Labute approximate surface area is 121 Å². The zero-order valence-electron chi connectivity index (χ0n) is 12.9. The molecule has 0 bridgehead atoms. The van der Waals surface area contributed by atoms with Crippen molar-refractivity contribution in [1.82, 2.24) is 9.97 Å². The predicted molar refractivity (Wildman–Crippen MR) is 82.3 cm³/mol. The lowest BCUT2D eigenvalue weighted by Gasteiger charge is -2.23. The normalized spacial score (nSPS) is 20.1. The Balaban J connectivity index is 2.19. The molecular formula is C15H26N4O. The minimum atomic E-state index is 0.361. The van der Waals surface area contributed by atoms with E-state index in [9.17, 15) is 0 Å². The molecule has 1 aromatic heterocycles. The standard InChI is InChI=1S/C15H26N4O/c1-5-16-14-13(10(2)3)15(18-9-17-14)19-11(4)12-6-7-20-8-12/h9-12H,5-8H2,1-4H3,(H2,16,17,18,19). The lowest BCUT2D eigenvalue weighted by atomic mass is 9.99. The summed E-state index contributed by atoms with van der Waals surface area (Å²) in [6.45, 7) is 11.2. The Bertz CT molecular complexity index is 430.